The Hall–Kier alpha value is -4.30. The Morgan fingerprint density at radius 1 is 1.00 bits per heavy atom. The third-order valence-electron chi connectivity index (χ3n) is 4.56. The lowest BCUT2D eigenvalue weighted by atomic mass is 9.99. The largest absolute Gasteiger partial charge is 0.480 e. The molecule has 36 heavy (non-hydrogen) atoms. The lowest BCUT2D eigenvalue weighted by molar-refractivity contribution is -0.143. The Kier molecular flexibility index (Phi) is 8.86. The fourth-order valence-corrected chi connectivity index (χ4v) is 2.94. The second-order valence-corrected chi connectivity index (χ2v) is 7.26. The van der Waals surface area contributed by atoms with Gasteiger partial charge in [0.25, 0.3) is 5.91 Å². The molecule has 2 aromatic carbocycles. The number of halogens is 6. The highest BCUT2D eigenvalue weighted by Crippen LogP contribution is 2.36. The number of nitrogens with two attached hydrogens (primary N) is 1. The Bertz CT molecular complexity index is 1120. The van der Waals surface area contributed by atoms with Gasteiger partial charge in [0.05, 0.1) is 17.7 Å². The summed E-state index contributed by atoms with van der Waals surface area (Å²) in [6, 6.07) is 4.66. The first-order chi connectivity index (χ1) is 16.7. The maximum absolute atomic E-state index is 13.0. The van der Waals surface area contributed by atoms with Crippen LogP contribution in [0.25, 0.3) is 0 Å². The number of nitrogens with zero attached hydrogens (tertiary/aromatic N) is 1. The number of hydrazone groups is 1. The molecule has 1 unspecified atom stereocenters. The van der Waals surface area contributed by atoms with Crippen molar-refractivity contribution in [2.75, 3.05) is 11.9 Å². The van der Waals surface area contributed by atoms with E-state index in [9.17, 15) is 45.8 Å². The van der Waals surface area contributed by atoms with Crippen molar-refractivity contribution in [1.82, 2.24) is 10.6 Å². The number of nitrogens with one attached hydrogen (secondary N) is 3. The number of anilines is 1. The molecule has 0 fully saturated rings. The lowest BCUT2D eigenvalue weighted by Gasteiger charge is -2.18. The Labute approximate surface area is 199 Å². The van der Waals surface area contributed by atoms with Gasteiger partial charge >= 0.3 is 18.3 Å². The Morgan fingerprint density at radius 2 is 1.61 bits per heavy atom. The maximum atomic E-state index is 13.0. The third kappa shape index (κ3) is 8.18. The summed E-state index contributed by atoms with van der Waals surface area (Å²) in [4.78, 5) is 35.9. The van der Waals surface area contributed by atoms with E-state index in [2.05, 4.69) is 15.7 Å². The zero-order valence-electron chi connectivity index (χ0n) is 18.1. The molecule has 0 spiro atoms. The molecule has 0 bridgehead atoms. The van der Waals surface area contributed by atoms with E-state index in [0.717, 1.165) is 6.34 Å². The van der Waals surface area contributed by atoms with Crippen LogP contribution in [0.3, 0.4) is 0 Å². The number of rotatable bonds is 9. The van der Waals surface area contributed by atoms with Gasteiger partial charge in [-0.1, -0.05) is 6.07 Å². The number of aliphatic carboxylic acids is 1. The van der Waals surface area contributed by atoms with Gasteiger partial charge in [-0.25, -0.2) is 4.79 Å². The number of carbonyl (C=O) groups excluding carboxylic acids is 2. The highest BCUT2D eigenvalue weighted by Gasteiger charge is 2.37. The topological polar surface area (TPSA) is 146 Å². The molecular weight excluding hydrogens is 500 g/mol. The van der Waals surface area contributed by atoms with Crippen LogP contribution in [0.4, 0.5) is 32.0 Å². The first-order valence-corrected chi connectivity index (χ1v) is 9.87. The van der Waals surface area contributed by atoms with Crippen molar-refractivity contribution in [3.8, 4) is 0 Å². The molecule has 0 aliphatic heterocycles. The SMILES string of the molecule is NN=CNc1cccc(C(=O)NCC(=O)NC(Cc2cc(C(F)(F)F)cc(C(F)(F)F)c2)C(=O)O)c1. The minimum absolute atomic E-state index is 0.0965. The van der Waals surface area contributed by atoms with Gasteiger partial charge in [-0.2, -0.15) is 31.4 Å². The molecule has 15 heteroatoms. The second-order valence-electron chi connectivity index (χ2n) is 7.26. The van der Waals surface area contributed by atoms with Crippen LogP contribution in [0, 0.1) is 0 Å². The smallest absolute Gasteiger partial charge is 0.416 e. The predicted octanol–water partition coefficient (Wildman–Crippen LogP) is 2.58. The van der Waals surface area contributed by atoms with Crippen LogP contribution in [0.1, 0.15) is 27.0 Å². The van der Waals surface area contributed by atoms with Crippen molar-refractivity contribution in [1.29, 1.82) is 0 Å². The predicted molar refractivity (Wildman–Crippen MR) is 115 cm³/mol. The van der Waals surface area contributed by atoms with Crippen molar-refractivity contribution in [3.63, 3.8) is 0 Å². The molecule has 2 rings (SSSR count). The summed E-state index contributed by atoms with van der Waals surface area (Å²) in [5.41, 5.74) is -3.31. The summed E-state index contributed by atoms with van der Waals surface area (Å²) in [6.07, 6.45) is -9.96. The number of carboxylic acids is 1. The van der Waals surface area contributed by atoms with E-state index < -0.39 is 65.8 Å². The fraction of sp³-hybridized carbons (Fsp3) is 0.238. The number of carboxylic acid groups (broad SMARTS) is 1. The molecule has 1 atom stereocenters. The van der Waals surface area contributed by atoms with E-state index in [1.807, 2.05) is 5.32 Å². The number of amides is 2. The second kappa shape index (κ2) is 11.4. The Morgan fingerprint density at radius 3 is 2.14 bits per heavy atom. The molecule has 0 saturated carbocycles. The molecule has 2 aromatic rings. The van der Waals surface area contributed by atoms with Crippen LogP contribution in [0.15, 0.2) is 47.6 Å². The summed E-state index contributed by atoms with van der Waals surface area (Å²) in [5, 5.41) is 19.4. The summed E-state index contributed by atoms with van der Waals surface area (Å²) in [6.45, 7) is -0.721. The molecule has 194 valence electrons. The van der Waals surface area contributed by atoms with Crippen molar-refractivity contribution in [3.05, 3.63) is 64.7 Å². The van der Waals surface area contributed by atoms with E-state index in [1.54, 1.807) is 6.07 Å². The number of alkyl halides is 6. The highest BCUT2D eigenvalue weighted by molar-refractivity contribution is 5.98. The zero-order valence-corrected chi connectivity index (χ0v) is 18.1. The molecule has 9 nitrogen and oxygen atoms in total. The molecule has 0 aliphatic rings. The van der Waals surface area contributed by atoms with Crippen molar-refractivity contribution in [2.45, 2.75) is 24.8 Å². The summed E-state index contributed by atoms with van der Waals surface area (Å²) in [7, 11) is 0. The molecular formula is C21H19F6N5O4. The van der Waals surface area contributed by atoms with Gasteiger partial charge in [-0.05, 0) is 42.0 Å². The van der Waals surface area contributed by atoms with E-state index in [-0.39, 0.29) is 11.6 Å². The van der Waals surface area contributed by atoms with Crippen LogP contribution >= 0.6 is 0 Å². The van der Waals surface area contributed by atoms with Gasteiger partial charge in [-0.15, -0.1) is 0 Å². The van der Waals surface area contributed by atoms with Crippen molar-refractivity contribution in [2.24, 2.45) is 10.9 Å². The maximum Gasteiger partial charge on any atom is 0.416 e. The highest BCUT2D eigenvalue weighted by atomic mass is 19.4. The van der Waals surface area contributed by atoms with Crippen LogP contribution in [0.5, 0.6) is 0 Å². The number of hydrogen-bond acceptors (Lipinski definition) is 5. The van der Waals surface area contributed by atoms with E-state index in [0.29, 0.717) is 17.8 Å². The van der Waals surface area contributed by atoms with Gasteiger partial charge in [0.15, 0.2) is 0 Å². The zero-order chi connectivity index (χ0) is 27.1. The first-order valence-electron chi connectivity index (χ1n) is 9.87. The van der Waals surface area contributed by atoms with Gasteiger partial charge in [0.1, 0.15) is 12.4 Å². The average molecular weight is 519 g/mol. The molecule has 2 amide bonds. The minimum atomic E-state index is -5.12. The first kappa shape index (κ1) is 27.9. The molecule has 0 aliphatic carbocycles. The lowest BCUT2D eigenvalue weighted by Crippen LogP contribution is -2.46. The van der Waals surface area contributed by atoms with E-state index >= 15 is 0 Å². The van der Waals surface area contributed by atoms with Gasteiger partial charge in [0, 0.05) is 17.7 Å². The minimum Gasteiger partial charge on any atom is -0.480 e. The number of benzene rings is 2. The summed E-state index contributed by atoms with van der Waals surface area (Å²) < 4.78 is 78.2. The number of hydrogen-bond donors (Lipinski definition) is 5. The molecule has 0 saturated heterocycles. The molecule has 0 heterocycles. The van der Waals surface area contributed by atoms with Crippen molar-refractivity contribution >= 4 is 29.8 Å². The average Bonchev–Trinajstić information content (AvgIpc) is 2.79. The van der Waals surface area contributed by atoms with Gasteiger partial charge in [-0.3, -0.25) is 9.59 Å². The molecule has 0 aromatic heterocycles. The van der Waals surface area contributed by atoms with Gasteiger partial charge < -0.3 is 26.9 Å². The number of carbonyl (C=O) groups is 3. The van der Waals surface area contributed by atoms with E-state index in [1.165, 1.54) is 18.2 Å². The Balaban J connectivity index is 2.10. The van der Waals surface area contributed by atoms with Crippen LogP contribution < -0.4 is 21.8 Å². The van der Waals surface area contributed by atoms with Crippen molar-refractivity contribution < 1.29 is 45.8 Å². The monoisotopic (exact) mass is 519 g/mol. The summed E-state index contributed by atoms with van der Waals surface area (Å²) in [5.74, 6) is 1.49. The van der Waals surface area contributed by atoms with Crippen LogP contribution in [0.2, 0.25) is 0 Å². The summed E-state index contributed by atoms with van der Waals surface area (Å²) >= 11 is 0. The van der Waals surface area contributed by atoms with E-state index in [4.69, 9.17) is 5.84 Å². The fourth-order valence-electron chi connectivity index (χ4n) is 2.94. The van der Waals surface area contributed by atoms with Gasteiger partial charge in [0.2, 0.25) is 5.91 Å². The van der Waals surface area contributed by atoms with Crippen LogP contribution in [-0.2, 0) is 28.4 Å². The third-order valence-corrected chi connectivity index (χ3v) is 4.56. The van der Waals surface area contributed by atoms with Crippen LogP contribution in [-0.4, -0.2) is 41.8 Å². The standard InChI is InChI=1S/C21H19F6N5O4/c22-20(23,24)13-4-11(5-14(8-13)21(25,26)27)6-16(19(35)36)32-17(33)9-29-18(34)12-2-1-3-15(7-12)30-10-31-28/h1-5,7-8,10,16H,6,9,28H2,(H,29,34)(H,30,31)(H,32,33)(H,35,36). The normalized spacial score (nSPS) is 12.7. The molecule has 6 N–H and O–H groups in total. The quantitative estimate of drug-likeness (QED) is 0.113. The molecule has 0 radical (unpaired) electrons.